The van der Waals surface area contributed by atoms with Gasteiger partial charge in [-0.3, -0.25) is 9.59 Å². The number of hydrogen-bond donors (Lipinski definition) is 6. The van der Waals surface area contributed by atoms with Gasteiger partial charge in [-0.2, -0.15) is 0 Å². The Labute approximate surface area is 477 Å². The van der Waals surface area contributed by atoms with Gasteiger partial charge in [-0.05, 0) is 70.6 Å². The average Bonchev–Trinajstić information content (AvgIpc) is 3.45. The highest BCUT2D eigenvalue weighted by Crippen LogP contribution is 2.26. The highest BCUT2D eigenvalue weighted by atomic mass is 16.7. The number of amides is 1. The summed E-state index contributed by atoms with van der Waals surface area (Å²) < 4.78 is 17.6. The lowest BCUT2D eigenvalue weighted by Gasteiger charge is -2.41. The predicted octanol–water partition coefficient (Wildman–Crippen LogP) is 15.6. The van der Waals surface area contributed by atoms with Gasteiger partial charge in [0.05, 0.1) is 25.4 Å². The second-order valence-corrected chi connectivity index (χ2v) is 22.1. The fraction of sp³-hybridized carbons (Fsp3) is 0.791. The van der Waals surface area contributed by atoms with Crippen molar-refractivity contribution in [2.75, 3.05) is 13.2 Å². The number of ether oxygens (including phenoxy) is 3. The minimum Gasteiger partial charge on any atom is -0.454 e. The topological polar surface area (TPSA) is 175 Å². The molecular weight excluding hydrogens is 979 g/mol. The highest BCUT2D eigenvalue weighted by Gasteiger charge is 2.47. The molecule has 0 saturated carbocycles. The maximum atomic E-state index is 13.4. The van der Waals surface area contributed by atoms with Crippen LogP contribution in [0.3, 0.4) is 0 Å². The summed E-state index contributed by atoms with van der Waals surface area (Å²) in [5, 5.41) is 57.0. The number of unbranched alkanes of at least 4 members (excludes halogenated alkanes) is 30. The number of esters is 1. The predicted molar refractivity (Wildman–Crippen MR) is 324 cm³/mol. The normalized spacial score (nSPS) is 19.4. The van der Waals surface area contributed by atoms with Crippen molar-refractivity contribution in [1.29, 1.82) is 0 Å². The van der Waals surface area contributed by atoms with Gasteiger partial charge in [-0.15, -0.1) is 0 Å². The van der Waals surface area contributed by atoms with E-state index in [4.69, 9.17) is 14.2 Å². The van der Waals surface area contributed by atoms with Crippen LogP contribution in [0.25, 0.3) is 0 Å². The molecule has 1 amide bonds. The molecule has 0 aliphatic carbocycles. The number of nitrogens with one attached hydrogen (secondary N) is 1. The Balaban J connectivity index is 2.63. The molecule has 0 radical (unpaired) electrons. The van der Waals surface area contributed by atoms with Crippen molar-refractivity contribution in [1.82, 2.24) is 5.32 Å². The monoisotopic (exact) mass is 1100 g/mol. The third kappa shape index (κ3) is 42.0. The molecule has 452 valence electrons. The van der Waals surface area contributed by atoms with Gasteiger partial charge in [0.1, 0.15) is 24.4 Å². The molecule has 0 aromatic carbocycles. The van der Waals surface area contributed by atoms with Gasteiger partial charge in [0.15, 0.2) is 12.4 Å². The van der Waals surface area contributed by atoms with E-state index in [9.17, 15) is 35.1 Å². The zero-order valence-corrected chi connectivity index (χ0v) is 50.0. The Morgan fingerprint density at radius 1 is 0.513 bits per heavy atom. The standard InChI is InChI=1S/C67H119NO10/c1-4-7-10-13-16-19-22-25-26-27-28-29-30-31-32-33-34-35-37-39-42-45-48-51-54-60(71)66(75)68-58(59(70)53-50-47-44-41-38-24-21-18-15-12-9-6-3)57-76-67-65(64(74)63(73)61(56-69)77-67)78-62(72)55-52-49-46-43-40-36-23-20-17-14-11-8-5-2/h7,10,16,19,25-26,28-29,31-32,50,53,58-61,63-65,67,69-71,73-74H,4-6,8-9,11-15,17-18,20-24,27,30,33-49,51-52,54-57H2,1-3H3,(H,68,75)/b10-7-,19-16-,26-25-,29-28-,32-31-,53-50+. The molecule has 78 heavy (non-hydrogen) atoms. The number of hydrogen-bond acceptors (Lipinski definition) is 10. The second-order valence-electron chi connectivity index (χ2n) is 22.1. The minimum absolute atomic E-state index is 0.124. The van der Waals surface area contributed by atoms with Crippen LogP contribution >= 0.6 is 0 Å². The van der Waals surface area contributed by atoms with E-state index in [1.165, 1.54) is 135 Å². The van der Waals surface area contributed by atoms with Crippen molar-refractivity contribution < 1.29 is 49.3 Å². The Bertz CT molecular complexity index is 1540. The van der Waals surface area contributed by atoms with Gasteiger partial charge < -0.3 is 45.1 Å². The zero-order valence-electron chi connectivity index (χ0n) is 50.0. The quantitative estimate of drug-likeness (QED) is 0.0195. The summed E-state index contributed by atoms with van der Waals surface area (Å²) in [7, 11) is 0. The van der Waals surface area contributed by atoms with Crippen LogP contribution in [0.1, 0.15) is 278 Å². The Kier molecular flexibility index (Phi) is 51.3. The molecule has 6 N–H and O–H groups in total. The van der Waals surface area contributed by atoms with Crippen LogP contribution in [-0.4, -0.2) is 99.6 Å². The van der Waals surface area contributed by atoms with Crippen molar-refractivity contribution in [2.45, 2.75) is 327 Å². The third-order valence-corrected chi connectivity index (χ3v) is 14.9. The van der Waals surface area contributed by atoms with Crippen LogP contribution < -0.4 is 5.32 Å². The van der Waals surface area contributed by atoms with Gasteiger partial charge >= 0.3 is 5.97 Å². The van der Waals surface area contributed by atoms with E-state index in [2.05, 4.69) is 86.8 Å². The van der Waals surface area contributed by atoms with E-state index in [1.54, 1.807) is 6.08 Å². The molecule has 1 aliphatic rings. The number of aliphatic hydroxyl groups is 5. The molecule has 0 aromatic rings. The molecule has 1 fully saturated rings. The first-order valence-corrected chi connectivity index (χ1v) is 32.2. The number of carbonyl (C=O) groups excluding carboxylic acids is 2. The molecule has 8 unspecified atom stereocenters. The molecular formula is C67H119NO10. The van der Waals surface area contributed by atoms with Gasteiger partial charge in [-0.25, -0.2) is 0 Å². The lowest BCUT2D eigenvalue weighted by atomic mass is 9.99. The number of allylic oxidation sites excluding steroid dienone is 11. The highest BCUT2D eigenvalue weighted by molar-refractivity contribution is 5.80. The molecule has 0 spiro atoms. The lowest BCUT2D eigenvalue weighted by molar-refractivity contribution is -0.305. The average molecular weight is 1100 g/mol. The maximum Gasteiger partial charge on any atom is 0.306 e. The molecule has 1 saturated heterocycles. The van der Waals surface area contributed by atoms with Crippen molar-refractivity contribution in [3.05, 3.63) is 72.9 Å². The number of rotatable bonds is 54. The van der Waals surface area contributed by atoms with E-state index in [-0.39, 0.29) is 19.4 Å². The first-order chi connectivity index (χ1) is 38.2. The fourth-order valence-corrected chi connectivity index (χ4v) is 9.80. The molecule has 1 rings (SSSR count). The Hall–Kier alpha value is -2.90. The van der Waals surface area contributed by atoms with Gasteiger partial charge in [0.25, 0.3) is 0 Å². The van der Waals surface area contributed by atoms with Crippen molar-refractivity contribution in [2.24, 2.45) is 0 Å². The van der Waals surface area contributed by atoms with E-state index in [1.807, 2.05) is 6.08 Å². The van der Waals surface area contributed by atoms with Crippen molar-refractivity contribution >= 4 is 11.9 Å². The van der Waals surface area contributed by atoms with E-state index >= 15 is 0 Å². The van der Waals surface area contributed by atoms with Gasteiger partial charge in [0, 0.05) is 6.42 Å². The summed E-state index contributed by atoms with van der Waals surface area (Å²) in [5.74, 6) is -1.20. The maximum absolute atomic E-state index is 13.4. The molecule has 11 heteroatoms. The molecule has 8 atom stereocenters. The van der Waals surface area contributed by atoms with Crippen LogP contribution in [0.5, 0.6) is 0 Å². The van der Waals surface area contributed by atoms with Crippen LogP contribution in [0.4, 0.5) is 0 Å². The summed E-state index contributed by atoms with van der Waals surface area (Å²) >= 11 is 0. The van der Waals surface area contributed by atoms with Crippen LogP contribution in [-0.2, 0) is 23.8 Å². The van der Waals surface area contributed by atoms with Gasteiger partial charge in [0.2, 0.25) is 5.91 Å². The Morgan fingerprint density at radius 3 is 1.38 bits per heavy atom. The summed E-state index contributed by atoms with van der Waals surface area (Å²) in [4.78, 5) is 26.5. The summed E-state index contributed by atoms with van der Waals surface area (Å²) in [6.45, 7) is 5.68. The molecule has 1 heterocycles. The number of carbonyl (C=O) groups is 2. The van der Waals surface area contributed by atoms with Crippen LogP contribution in [0.15, 0.2) is 72.9 Å². The number of aliphatic hydroxyl groups excluding tert-OH is 5. The molecule has 0 bridgehead atoms. The zero-order chi connectivity index (χ0) is 56.8. The first kappa shape index (κ1) is 73.1. The molecule has 0 aromatic heterocycles. The summed E-state index contributed by atoms with van der Waals surface area (Å²) in [6, 6.07) is -1.03. The summed E-state index contributed by atoms with van der Waals surface area (Å²) in [5.41, 5.74) is 0. The SMILES string of the molecule is CC/C=C\C/C=C\C/C=C\C/C=C\C/C=C\CCCCCCCCCCC(O)C(=O)NC(COC1OC(CO)C(O)C(O)C1OC(=O)CCCCCCCCCCCCCCC)C(O)/C=C/CCCCCCCCCCCC. The van der Waals surface area contributed by atoms with E-state index in [0.717, 1.165) is 96.3 Å². The van der Waals surface area contributed by atoms with E-state index in [0.29, 0.717) is 12.8 Å². The van der Waals surface area contributed by atoms with Crippen molar-refractivity contribution in [3.63, 3.8) is 0 Å². The minimum atomic E-state index is -1.61. The second kappa shape index (κ2) is 54.7. The Morgan fingerprint density at radius 2 is 0.923 bits per heavy atom. The van der Waals surface area contributed by atoms with Crippen LogP contribution in [0.2, 0.25) is 0 Å². The van der Waals surface area contributed by atoms with E-state index < -0.39 is 67.4 Å². The van der Waals surface area contributed by atoms with Crippen LogP contribution in [0, 0.1) is 0 Å². The molecule has 11 nitrogen and oxygen atoms in total. The largest absolute Gasteiger partial charge is 0.454 e. The smallest absolute Gasteiger partial charge is 0.306 e. The lowest BCUT2D eigenvalue weighted by Crippen LogP contribution is -2.61. The first-order valence-electron chi connectivity index (χ1n) is 32.2. The third-order valence-electron chi connectivity index (χ3n) is 14.9. The van der Waals surface area contributed by atoms with Gasteiger partial charge in [-0.1, -0.05) is 273 Å². The fourth-order valence-electron chi connectivity index (χ4n) is 9.80. The molecule has 1 aliphatic heterocycles. The summed E-state index contributed by atoms with van der Waals surface area (Å²) in [6.07, 6.45) is 59.4. The van der Waals surface area contributed by atoms with Crippen molar-refractivity contribution in [3.8, 4) is 0 Å².